The first-order valence-electron chi connectivity index (χ1n) is 7.49. The van der Waals surface area contributed by atoms with Crippen molar-refractivity contribution < 1.29 is 4.79 Å². The summed E-state index contributed by atoms with van der Waals surface area (Å²) in [4.78, 5) is 16.7. The van der Waals surface area contributed by atoms with Crippen molar-refractivity contribution in [1.82, 2.24) is 24.6 Å². The molecule has 0 unspecified atom stereocenters. The van der Waals surface area contributed by atoms with Crippen LogP contribution in [0.25, 0.3) is 0 Å². The molecule has 1 saturated carbocycles. The standard InChI is InChI=1S/C15H19N5O/c1-19-8-10(7-17-19)12-6-13(12)15(21)18-11-2-3-14-16-4-5-20(14)9-11/h4-5,7-8,11-13H,2-3,6,9H2,1H3,(H,18,21)/t11-,12+,13+/m1/s1. The molecule has 110 valence electrons. The smallest absolute Gasteiger partial charge is 0.224 e. The van der Waals surface area contributed by atoms with Crippen molar-refractivity contribution in [2.24, 2.45) is 13.0 Å². The molecular formula is C15H19N5O. The molecule has 1 aliphatic carbocycles. The van der Waals surface area contributed by atoms with Crippen LogP contribution in [-0.2, 0) is 24.8 Å². The molecule has 4 rings (SSSR count). The zero-order chi connectivity index (χ0) is 14.4. The number of hydrogen-bond acceptors (Lipinski definition) is 3. The molecule has 0 radical (unpaired) electrons. The number of imidazole rings is 1. The lowest BCUT2D eigenvalue weighted by atomic mass is 10.1. The van der Waals surface area contributed by atoms with Gasteiger partial charge in [0.15, 0.2) is 0 Å². The Hall–Kier alpha value is -2.11. The summed E-state index contributed by atoms with van der Waals surface area (Å²) in [5, 5.41) is 7.38. The van der Waals surface area contributed by atoms with Gasteiger partial charge in [-0.15, -0.1) is 0 Å². The van der Waals surface area contributed by atoms with Gasteiger partial charge in [0.05, 0.1) is 6.20 Å². The Bertz CT molecular complexity index is 673. The molecule has 0 aromatic carbocycles. The zero-order valence-electron chi connectivity index (χ0n) is 12.1. The van der Waals surface area contributed by atoms with Gasteiger partial charge < -0.3 is 9.88 Å². The summed E-state index contributed by atoms with van der Waals surface area (Å²) in [5.74, 6) is 1.79. The minimum atomic E-state index is 0.124. The topological polar surface area (TPSA) is 64.7 Å². The predicted octanol–water partition coefficient (Wildman–Crippen LogP) is 0.851. The third kappa shape index (κ3) is 2.34. The average molecular weight is 285 g/mol. The van der Waals surface area contributed by atoms with Crippen LogP contribution in [0, 0.1) is 5.92 Å². The predicted molar refractivity (Wildman–Crippen MR) is 76.5 cm³/mol. The number of fused-ring (bicyclic) bond motifs is 1. The number of aryl methyl sites for hydroxylation is 2. The maximum absolute atomic E-state index is 12.4. The van der Waals surface area contributed by atoms with Crippen LogP contribution in [0.4, 0.5) is 0 Å². The molecule has 1 fully saturated rings. The van der Waals surface area contributed by atoms with E-state index in [1.54, 1.807) is 4.68 Å². The first-order chi connectivity index (χ1) is 10.2. The van der Waals surface area contributed by atoms with Crippen molar-refractivity contribution >= 4 is 5.91 Å². The highest BCUT2D eigenvalue weighted by Gasteiger charge is 2.45. The highest BCUT2D eigenvalue weighted by molar-refractivity contribution is 5.83. The summed E-state index contributed by atoms with van der Waals surface area (Å²) in [6.45, 7) is 0.839. The fourth-order valence-corrected chi connectivity index (χ4v) is 3.28. The Morgan fingerprint density at radius 1 is 1.48 bits per heavy atom. The second kappa shape index (κ2) is 4.72. The number of nitrogens with one attached hydrogen (secondary N) is 1. The van der Waals surface area contributed by atoms with E-state index in [1.165, 1.54) is 5.56 Å². The van der Waals surface area contributed by atoms with Crippen LogP contribution in [0.3, 0.4) is 0 Å². The highest BCUT2D eigenvalue weighted by Crippen LogP contribution is 2.47. The van der Waals surface area contributed by atoms with E-state index < -0.39 is 0 Å². The molecule has 0 saturated heterocycles. The molecule has 0 spiro atoms. The lowest BCUT2D eigenvalue weighted by Gasteiger charge is -2.24. The molecule has 3 atom stereocenters. The van der Waals surface area contributed by atoms with Crippen molar-refractivity contribution in [1.29, 1.82) is 0 Å². The number of aromatic nitrogens is 4. The largest absolute Gasteiger partial charge is 0.351 e. The van der Waals surface area contributed by atoms with Gasteiger partial charge in [-0.25, -0.2) is 4.98 Å². The van der Waals surface area contributed by atoms with Gasteiger partial charge in [0.25, 0.3) is 0 Å². The number of amides is 1. The lowest BCUT2D eigenvalue weighted by molar-refractivity contribution is -0.123. The number of carbonyl (C=O) groups is 1. The van der Waals surface area contributed by atoms with Crippen molar-refractivity contribution in [2.45, 2.75) is 37.8 Å². The van der Waals surface area contributed by atoms with Crippen LogP contribution in [0.5, 0.6) is 0 Å². The maximum Gasteiger partial charge on any atom is 0.224 e. The van der Waals surface area contributed by atoms with Gasteiger partial charge in [-0.1, -0.05) is 0 Å². The van der Waals surface area contributed by atoms with Crippen molar-refractivity contribution in [3.63, 3.8) is 0 Å². The summed E-state index contributed by atoms with van der Waals surface area (Å²) >= 11 is 0. The second-order valence-corrected chi connectivity index (χ2v) is 6.14. The van der Waals surface area contributed by atoms with Crippen LogP contribution < -0.4 is 5.32 Å². The number of rotatable bonds is 3. The summed E-state index contributed by atoms with van der Waals surface area (Å²) in [7, 11) is 1.91. The lowest BCUT2D eigenvalue weighted by Crippen LogP contribution is -2.41. The minimum Gasteiger partial charge on any atom is -0.351 e. The van der Waals surface area contributed by atoms with Gasteiger partial charge in [-0.05, 0) is 24.3 Å². The molecule has 2 aliphatic rings. The third-order valence-corrected chi connectivity index (χ3v) is 4.56. The quantitative estimate of drug-likeness (QED) is 0.909. The van der Waals surface area contributed by atoms with Gasteiger partial charge >= 0.3 is 0 Å². The zero-order valence-corrected chi connectivity index (χ0v) is 12.1. The van der Waals surface area contributed by atoms with Crippen LogP contribution in [0.1, 0.15) is 30.1 Å². The van der Waals surface area contributed by atoms with E-state index in [0.29, 0.717) is 5.92 Å². The molecule has 6 heteroatoms. The van der Waals surface area contributed by atoms with E-state index >= 15 is 0 Å². The van der Waals surface area contributed by atoms with E-state index in [0.717, 1.165) is 31.6 Å². The first kappa shape index (κ1) is 12.6. The van der Waals surface area contributed by atoms with Gasteiger partial charge in [-0.3, -0.25) is 9.48 Å². The number of nitrogens with zero attached hydrogens (tertiary/aromatic N) is 4. The molecule has 1 amide bonds. The van der Waals surface area contributed by atoms with Gasteiger partial charge in [0.1, 0.15) is 5.82 Å². The Kier molecular flexibility index (Phi) is 2.83. The molecule has 2 aromatic rings. The average Bonchev–Trinajstić information content (AvgIpc) is 2.93. The Morgan fingerprint density at radius 2 is 2.38 bits per heavy atom. The van der Waals surface area contributed by atoms with Crippen LogP contribution in [0.15, 0.2) is 24.8 Å². The second-order valence-electron chi connectivity index (χ2n) is 6.14. The normalized spacial score (nSPS) is 27.2. The third-order valence-electron chi connectivity index (χ3n) is 4.56. The first-order valence-corrected chi connectivity index (χ1v) is 7.49. The molecule has 1 aliphatic heterocycles. The Labute approximate surface area is 123 Å². The van der Waals surface area contributed by atoms with E-state index in [1.807, 2.05) is 31.8 Å². The van der Waals surface area contributed by atoms with E-state index in [-0.39, 0.29) is 17.9 Å². The Balaban J connectivity index is 1.35. The molecule has 3 heterocycles. The Morgan fingerprint density at radius 3 is 3.19 bits per heavy atom. The van der Waals surface area contributed by atoms with Gasteiger partial charge in [-0.2, -0.15) is 5.10 Å². The molecular weight excluding hydrogens is 266 g/mol. The van der Waals surface area contributed by atoms with Crippen molar-refractivity contribution in [3.05, 3.63) is 36.2 Å². The molecule has 0 bridgehead atoms. The SMILES string of the molecule is Cn1cc([C@@H]2C[C@@H]2C(=O)N[C@@H]2CCc3nccn3C2)cn1. The molecule has 2 aromatic heterocycles. The van der Waals surface area contributed by atoms with Gasteiger partial charge in [0, 0.05) is 50.6 Å². The van der Waals surface area contributed by atoms with Crippen LogP contribution >= 0.6 is 0 Å². The minimum absolute atomic E-state index is 0.124. The molecule has 6 nitrogen and oxygen atoms in total. The van der Waals surface area contributed by atoms with Gasteiger partial charge in [0.2, 0.25) is 5.91 Å². The van der Waals surface area contributed by atoms with Crippen LogP contribution in [-0.4, -0.2) is 31.3 Å². The number of carbonyl (C=O) groups excluding carboxylic acids is 1. The summed E-state index contributed by atoms with van der Waals surface area (Å²) in [6.07, 6.45) is 10.6. The maximum atomic E-state index is 12.4. The fraction of sp³-hybridized carbons (Fsp3) is 0.533. The number of hydrogen-bond donors (Lipinski definition) is 1. The summed E-state index contributed by atoms with van der Waals surface area (Å²) in [5.41, 5.74) is 1.18. The highest BCUT2D eigenvalue weighted by atomic mass is 16.2. The van der Waals surface area contributed by atoms with E-state index in [2.05, 4.69) is 20.0 Å². The molecule has 21 heavy (non-hydrogen) atoms. The summed E-state index contributed by atoms with van der Waals surface area (Å²) in [6, 6.07) is 0.231. The monoisotopic (exact) mass is 285 g/mol. The molecule has 1 N–H and O–H groups in total. The van der Waals surface area contributed by atoms with E-state index in [9.17, 15) is 4.79 Å². The van der Waals surface area contributed by atoms with Crippen molar-refractivity contribution in [2.75, 3.05) is 0 Å². The van der Waals surface area contributed by atoms with Crippen LogP contribution in [0.2, 0.25) is 0 Å². The van der Waals surface area contributed by atoms with Crippen molar-refractivity contribution in [3.8, 4) is 0 Å². The fourth-order valence-electron chi connectivity index (χ4n) is 3.28. The van der Waals surface area contributed by atoms with E-state index in [4.69, 9.17) is 0 Å². The summed E-state index contributed by atoms with van der Waals surface area (Å²) < 4.78 is 3.93.